The Balaban J connectivity index is 0.00000208. The van der Waals surface area contributed by atoms with E-state index >= 15 is 0 Å². The highest BCUT2D eigenvalue weighted by Crippen LogP contribution is 2.18. The molecule has 3 rings (SSSR count). The maximum atomic E-state index is 12.5. The summed E-state index contributed by atoms with van der Waals surface area (Å²) in [7, 11) is 0. The number of fused-ring (bicyclic) bond motifs is 1. The minimum atomic E-state index is -0.151. The second kappa shape index (κ2) is 8.32. The highest BCUT2D eigenvalue weighted by atomic mass is 35.5. The van der Waals surface area contributed by atoms with Gasteiger partial charge in [0, 0.05) is 6.54 Å². The van der Waals surface area contributed by atoms with Crippen LogP contribution in [0.2, 0.25) is 0 Å². The third-order valence-corrected chi connectivity index (χ3v) is 4.64. The van der Waals surface area contributed by atoms with Crippen molar-refractivity contribution in [3.05, 3.63) is 70.8 Å². The first-order valence-corrected chi connectivity index (χ1v) is 8.36. The average Bonchev–Trinajstić information content (AvgIpc) is 2.61. The van der Waals surface area contributed by atoms with Crippen molar-refractivity contribution < 1.29 is 4.79 Å². The van der Waals surface area contributed by atoms with E-state index in [1.165, 1.54) is 16.7 Å². The molecule has 0 aliphatic carbocycles. The standard InChI is InChI=1S/C20H24N2O.ClH/c1-3-15-8-10-16(11-9-15)14(2)22-20(23)19-12-17-6-4-5-7-18(17)13-21-19;/h4-11,14,19,21H,3,12-13H2,1-2H3,(H,22,23);1H. The van der Waals surface area contributed by atoms with Gasteiger partial charge in [0.2, 0.25) is 5.91 Å². The second-order valence-electron chi connectivity index (χ2n) is 6.23. The molecule has 2 unspecified atom stereocenters. The molecule has 0 saturated carbocycles. The van der Waals surface area contributed by atoms with Crippen LogP contribution in [-0.2, 0) is 24.2 Å². The molecule has 128 valence electrons. The summed E-state index contributed by atoms with van der Waals surface area (Å²) in [5, 5.41) is 6.47. The number of benzene rings is 2. The number of aryl methyl sites for hydroxylation is 1. The van der Waals surface area contributed by atoms with Gasteiger partial charge >= 0.3 is 0 Å². The molecule has 2 N–H and O–H groups in total. The fraction of sp³-hybridized carbons (Fsp3) is 0.350. The number of carbonyl (C=O) groups excluding carboxylic acids is 1. The molecule has 24 heavy (non-hydrogen) atoms. The average molecular weight is 345 g/mol. The zero-order valence-electron chi connectivity index (χ0n) is 14.2. The Labute approximate surface area is 150 Å². The lowest BCUT2D eigenvalue weighted by Crippen LogP contribution is -2.48. The van der Waals surface area contributed by atoms with Gasteiger partial charge in [-0.3, -0.25) is 4.79 Å². The van der Waals surface area contributed by atoms with E-state index in [0.29, 0.717) is 0 Å². The van der Waals surface area contributed by atoms with Gasteiger partial charge in [-0.2, -0.15) is 0 Å². The van der Waals surface area contributed by atoms with Gasteiger partial charge < -0.3 is 10.6 Å². The van der Waals surface area contributed by atoms with Crippen molar-refractivity contribution in [2.24, 2.45) is 0 Å². The number of rotatable bonds is 4. The molecule has 0 bridgehead atoms. The van der Waals surface area contributed by atoms with Gasteiger partial charge in [0.05, 0.1) is 12.1 Å². The zero-order chi connectivity index (χ0) is 16.2. The lowest BCUT2D eigenvalue weighted by atomic mass is 9.95. The van der Waals surface area contributed by atoms with Crippen molar-refractivity contribution in [2.75, 3.05) is 0 Å². The van der Waals surface area contributed by atoms with Crippen LogP contribution in [0.1, 0.15) is 42.1 Å². The van der Waals surface area contributed by atoms with Crippen LogP contribution in [0.25, 0.3) is 0 Å². The molecule has 1 aliphatic rings. The molecule has 2 atom stereocenters. The molecule has 1 amide bonds. The van der Waals surface area contributed by atoms with Crippen LogP contribution in [0.3, 0.4) is 0 Å². The topological polar surface area (TPSA) is 41.1 Å². The number of carbonyl (C=O) groups is 1. The number of amides is 1. The minimum Gasteiger partial charge on any atom is -0.348 e. The molecule has 2 aromatic rings. The number of hydrogen-bond acceptors (Lipinski definition) is 2. The lowest BCUT2D eigenvalue weighted by Gasteiger charge is -2.26. The van der Waals surface area contributed by atoms with E-state index in [2.05, 4.69) is 54.0 Å². The third kappa shape index (κ3) is 4.16. The summed E-state index contributed by atoms with van der Waals surface area (Å²) in [5.74, 6) is 0.0755. The first-order chi connectivity index (χ1) is 11.2. The molecule has 4 heteroatoms. The molecule has 0 radical (unpaired) electrons. The van der Waals surface area contributed by atoms with E-state index in [0.717, 1.165) is 24.9 Å². The van der Waals surface area contributed by atoms with Gasteiger partial charge in [-0.1, -0.05) is 55.5 Å². The molecule has 0 saturated heterocycles. The van der Waals surface area contributed by atoms with E-state index in [-0.39, 0.29) is 30.4 Å². The zero-order valence-corrected chi connectivity index (χ0v) is 15.0. The van der Waals surface area contributed by atoms with Gasteiger partial charge in [-0.15, -0.1) is 12.4 Å². The molecule has 0 aromatic heterocycles. The Morgan fingerprint density at radius 2 is 1.83 bits per heavy atom. The monoisotopic (exact) mass is 344 g/mol. The quantitative estimate of drug-likeness (QED) is 0.890. The van der Waals surface area contributed by atoms with Crippen molar-refractivity contribution in [3.8, 4) is 0 Å². The van der Waals surface area contributed by atoms with Crippen LogP contribution in [0.15, 0.2) is 48.5 Å². The predicted octanol–water partition coefficient (Wildman–Crippen LogP) is 3.56. The molecule has 0 fully saturated rings. The highest BCUT2D eigenvalue weighted by molar-refractivity contribution is 5.85. The van der Waals surface area contributed by atoms with Gasteiger partial charge in [-0.05, 0) is 42.0 Å². The lowest BCUT2D eigenvalue weighted by molar-refractivity contribution is -0.124. The van der Waals surface area contributed by atoms with Crippen molar-refractivity contribution in [1.29, 1.82) is 0 Å². The Kier molecular flexibility index (Phi) is 6.41. The Morgan fingerprint density at radius 1 is 1.17 bits per heavy atom. The van der Waals surface area contributed by atoms with Crippen LogP contribution in [0.4, 0.5) is 0 Å². The van der Waals surface area contributed by atoms with Crippen LogP contribution in [-0.4, -0.2) is 11.9 Å². The SMILES string of the molecule is CCc1ccc(C(C)NC(=O)C2Cc3ccccc3CN2)cc1.Cl. The van der Waals surface area contributed by atoms with Crippen molar-refractivity contribution in [3.63, 3.8) is 0 Å². The van der Waals surface area contributed by atoms with Gasteiger partial charge in [0.15, 0.2) is 0 Å². The van der Waals surface area contributed by atoms with Crippen LogP contribution < -0.4 is 10.6 Å². The number of halogens is 1. The van der Waals surface area contributed by atoms with Crippen LogP contribution >= 0.6 is 12.4 Å². The van der Waals surface area contributed by atoms with Crippen LogP contribution in [0, 0.1) is 0 Å². The second-order valence-corrected chi connectivity index (χ2v) is 6.23. The summed E-state index contributed by atoms with van der Waals surface area (Å²) in [4.78, 5) is 12.5. The van der Waals surface area contributed by atoms with Crippen molar-refractivity contribution >= 4 is 18.3 Å². The fourth-order valence-electron chi connectivity index (χ4n) is 3.08. The minimum absolute atomic E-state index is 0. The predicted molar refractivity (Wildman–Crippen MR) is 100 cm³/mol. The third-order valence-electron chi connectivity index (χ3n) is 4.64. The maximum absolute atomic E-state index is 12.5. The fourth-order valence-corrected chi connectivity index (χ4v) is 3.08. The summed E-state index contributed by atoms with van der Waals surface area (Å²) in [6, 6.07) is 16.7. The molecule has 3 nitrogen and oxygen atoms in total. The van der Waals surface area contributed by atoms with E-state index in [1.807, 2.05) is 19.1 Å². The Bertz CT molecular complexity index is 684. The summed E-state index contributed by atoms with van der Waals surface area (Å²) in [6.07, 6.45) is 1.79. The smallest absolute Gasteiger partial charge is 0.237 e. The van der Waals surface area contributed by atoms with Crippen molar-refractivity contribution in [1.82, 2.24) is 10.6 Å². The van der Waals surface area contributed by atoms with Crippen molar-refractivity contribution in [2.45, 2.75) is 45.3 Å². The normalized spacial score (nSPS) is 17.3. The van der Waals surface area contributed by atoms with E-state index in [1.54, 1.807) is 0 Å². The summed E-state index contributed by atoms with van der Waals surface area (Å²) in [6.45, 7) is 4.94. The maximum Gasteiger partial charge on any atom is 0.237 e. The Morgan fingerprint density at radius 3 is 2.50 bits per heavy atom. The molecule has 0 spiro atoms. The highest BCUT2D eigenvalue weighted by Gasteiger charge is 2.24. The summed E-state index contributed by atoms with van der Waals surface area (Å²) < 4.78 is 0. The van der Waals surface area contributed by atoms with E-state index in [4.69, 9.17) is 0 Å². The molecular weight excluding hydrogens is 320 g/mol. The Hall–Kier alpha value is -1.84. The molecular formula is C20H25ClN2O. The summed E-state index contributed by atoms with van der Waals surface area (Å²) >= 11 is 0. The first-order valence-electron chi connectivity index (χ1n) is 8.36. The largest absolute Gasteiger partial charge is 0.348 e. The van der Waals surface area contributed by atoms with Gasteiger partial charge in [-0.25, -0.2) is 0 Å². The van der Waals surface area contributed by atoms with Gasteiger partial charge in [0.1, 0.15) is 0 Å². The summed E-state index contributed by atoms with van der Waals surface area (Å²) in [5.41, 5.74) is 5.02. The van der Waals surface area contributed by atoms with Crippen LogP contribution in [0.5, 0.6) is 0 Å². The number of hydrogen-bond donors (Lipinski definition) is 2. The van der Waals surface area contributed by atoms with E-state index in [9.17, 15) is 4.79 Å². The van der Waals surface area contributed by atoms with E-state index < -0.39 is 0 Å². The molecule has 1 heterocycles. The number of nitrogens with one attached hydrogen (secondary N) is 2. The van der Waals surface area contributed by atoms with Gasteiger partial charge in [0.25, 0.3) is 0 Å². The molecule has 2 aromatic carbocycles. The molecule has 1 aliphatic heterocycles. The first kappa shape index (κ1) is 18.5.